The minimum Gasteiger partial charge on any atom is -0.493 e. The van der Waals surface area contributed by atoms with Gasteiger partial charge in [0.15, 0.2) is 11.5 Å². The monoisotopic (exact) mass is 379 g/mol. The van der Waals surface area contributed by atoms with E-state index in [1.807, 2.05) is 30.5 Å². The van der Waals surface area contributed by atoms with Crippen molar-refractivity contribution >= 4 is 11.3 Å². The van der Waals surface area contributed by atoms with E-state index < -0.39 is 0 Å². The first-order valence-corrected chi connectivity index (χ1v) is 9.63. The molecule has 0 aliphatic carbocycles. The SMILES string of the molecule is CC[C@H]1CCN(c2ccc3nc(-c4ccc(OC)c(OC)c4)cc(=O)n3c2)C1. The normalized spacial score (nSPS) is 16.5. The summed E-state index contributed by atoms with van der Waals surface area (Å²) in [5.41, 5.74) is 3.04. The Labute approximate surface area is 164 Å². The molecule has 6 nitrogen and oxygen atoms in total. The Morgan fingerprint density at radius 2 is 1.93 bits per heavy atom. The second-order valence-corrected chi connectivity index (χ2v) is 7.17. The third-order valence-electron chi connectivity index (χ3n) is 5.55. The summed E-state index contributed by atoms with van der Waals surface area (Å²) >= 11 is 0. The minimum atomic E-state index is -0.0946. The third kappa shape index (κ3) is 3.30. The van der Waals surface area contributed by atoms with Crippen molar-refractivity contribution in [2.75, 3.05) is 32.2 Å². The number of anilines is 1. The van der Waals surface area contributed by atoms with Crippen molar-refractivity contribution in [3.63, 3.8) is 0 Å². The number of pyridine rings is 1. The first-order valence-electron chi connectivity index (χ1n) is 9.63. The van der Waals surface area contributed by atoms with E-state index in [4.69, 9.17) is 9.47 Å². The molecule has 1 saturated heterocycles. The Kier molecular flexibility index (Phi) is 4.94. The molecule has 2 aromatic heterocycles. The molecule has 4 rings (SSSR count). The predicted octanol–water partition coefficient (Wildman–Crippen LogP) is 3.62. The van der Waals surface area contributed by atoms with Gasteiger partial charge in [-0.3, -0.25) is 9.20 Å². The molecule has 0 amide bonds. The first kappa shape index (κ1) is 18.3. The highest BCUT2D eigenvalue weighted by Crippen LogP contribution is 2.31. The summed E-state index contributed by atoms with van der Waals surface area (Å²) in [7, 11) is 3.19. The number of benzene rings is 1. The maximum absolute atomic E-state index is 12.8. The smallest absolute Gasteiger partial charge is 0.258 e. The van der Waals surface area contributed by atoms with E-state index >= 15 is 0 Å². The van der Waals surface area contributed by atoms with Gasteiger partial charge in [-0.2, -0.15) is 0 Å². The molecule has 0 unspecified atom stereocenters. The summed E-state index contributed by atoms with van der Waals surface area (Å²) in [5, 5.41) is 0. The lowest BCUT2D eigenvalue weighted by molar-refractivity contribution is 0.355. The van der Waals surface area contributed by atoms with Crippen LogP contribution in [0.25, 0.3) is 16.9 Å². The molecule has 0 N–H and O–H groups in total. The summed E-state index contributed by atoms with van der Waals surface area (Å²) < 4.78 is 12.3. The molecule has 0 saturated carbocycles. The standard InChI is InChI=1S/C22H25N3O3/c1-4-15-9-10-24(13-15)17-6-8-21-23-18(12-22(26)25(21)14-17)16-5-7-19(27-2)20(11-16)28-3/h5-8,11-12,14-15H,4,9-10,13H2,1-3H3/t15-/m0/s1. The van der Waals surface area contributed by atoms with E-state index in [9.17, 15) is 4.79 Å². The van der Waals surface area contributed by atoms with Gasteiger partial charge in [0.1, 0.15) is 5.65 Å². The average Bonchev–Trinajstić information content (AvgIpc) is 3.22. The highest BCUT2D eigenvalue weighted by Gasteiger charge is 2.21. The van der Waals surface area contributed by atoms with Crippen LogP contribution in [0.2, 0.25) is 0 Å². The highest BCUT2D eigenvalue weighted by molar-refractivity contribution is 5.66. The van der Waals surface area contributed by atoms with Crippen molar-refractivity contribution in [1.29, 1.82) is 0 Å². The lowest BCUT2D eigenvalue weighted by atomic mass is 10.1. The average molecular weight is 379 g/mol. The number of rotatable bonds is 5. The van der Waals surface area contributed by atoms with Gasteiger partial charge in [0.2, 0.25) is 0 Å². The van der Waals surface area contributed by atoms with Crippen LogP contribution in [0.3, 0.4) is 0 Å². The molecule has 28 heavy (non-hydrogen) atoms. The third-order valence-corrected chi connectivity index (χ3v) is 5.55. The van der Waals surface area contributed by atoms with Crippen LogP contribution in [-0.4, -0.2) is 36.7 Å². The molecule has 3 heterocycles. The maximum Gasteiger partial charge on any atom is 0.258 e. The van der Waals surface area contributed by atoms with Crippen LogP contribution < -0.4 is 19.9 Å². The largest absolute Gasteiger partial charge is 0.493 e. The minimum absolute atomic E-state index is 0.0946. The number of fused-ring (bicyclic) bond motifs is 1. The van der Waals surface area contributed by atoms with Gasteiger partial charge in [-0.25, -0.2) is 4.98 Å². The first-order chi connectivity index (χ1) is 13.6. The van der Waals surface area contributed by atoms with Crippen LogP contribution in [0.4, 0.5) is 5.69 Å². The van der Waals surface area contributed by atoms with Gasteiger partial charge in [0.05, 0.1) is 25.6 Å². The highest BCUT2D eigenvalue weighted by atomic mass is 16.5. The van der Waals surface area contributed by atoms with Crippen molar-refractivity contribution in [1.82, 2.24) is 9.38 Å². The summed E-state index contributed by atoms with van der Waals surface area (Å²) in [6, 6.07) is 11.1. The van der Waals surface area contributed by atoms with Gasteiger partial charge in [-0.05, 0) is 42.7 Å². The number of nitrogens with zero attached hydrogens (tertiary/aromatic N) is 3. The van der Waals surface area contributed by atoms with Gasteiger partial charge < -0.3 is 14.4 Å². The number of aromatic nitrogens is 2. The second kappa shape index (κ2) is 7.54. The van der Waals surface area contributed by atoms with E-state index in [0.717, 1.165) is 30.3 Å². The Balaban J connectivity index is 1.72. The molecule has 0 radical (unpaired) electrons. The van der Waals surface area contributed by atoms with Crippen molar-refractivity contribution in [2.45, 2.75) is 19.8 Å². The molecule has 0 spiro atoms. The van der Waals surface area contributed by atoms with Crippen molar-refractivity contribution < 1.29 is 9.47 Å². The van der Waals surface area contributed by atoms with Crippen LogP contribution in [0.1, 0.15) is 19.8 Å². The summed E-state index contributed by atoms with van der Waals surface area (Å²) in [4.78, 5) is 19.8. The molecule has 6 heteroatoms. The molecule has 1 fully saturated rings. The van der Waals surface area contributed by atoms with Gasteiger partial charge in [0, 0.05) is 30.9 Å². The summed E-state index contributed by atoms with van der Waals surface area (Å²) in [6.45, 7) is 4.32. The number of ether oxygens (including phenoxy) is 2. The van der Waals surface area contributed by atoms with E-state index in [1.165, 1.54) is 12.8 Å². The van der Waals surface area contributed by atoms with E-state index in [-0.39, 0.29) is 5.56 Å². The molecular weight excluding hydrogens is 354 g/mol. The van der Waals surface area contributed by atoms with Gasteiger partial charge >= 0.3 is 0 Å². The Bertz CT molecular complexity index is 1060. The Morgan fingerprint density at radius 1 is 1.11 bits per heavy atom. The summed E-state index contributed by atoms with van der Waals surface area (Å²) in [5.74, 6) is 1.99. The second-order valence-electron chi connectivity index (χ2n) is 7.17. The molecule has 3 aromatic rings. The fraction of sp³-hybridized carbons (Fsp3) is 0.364. The topological polar surface area (TPSA) is 56.1 Å². The lowest BCUT2D eigenvalue weighted by Gasteiger charge is -2.19. The quantitative estimate of drug-likeness (QED) is 0.678. The Morgan fingerprint density at radius 3 is 2.64 bits per heavy atom. The molecule has 1 atom stereocenters. The van der Waals surface area contributed by atoms with E-state index in [2.05, 4.69) is 22.9 Å². The van der Waals surface area contributed by atoms with E-state index in [1.54, 1.807) is 24.7 Å². The van der Waals surface area contributed by atoms with Crippen molar-refractivity contribution in [3.8, 4) is 22.8 Å². The maximum atomic E-state index is 12.8. The fourth-order valence-electron chi connectivity index (χ4n) is 3.82. The Hall–Kier alpha value is -3.02. The van der Waals surface area contributed by atoms with Crippen LogP contribution in [0.15, 0.2) is 47.4 Å². The van der Waals surface area contributed by atoms with Crippen LogP contribution in [0, 0.1) is 5.92 Å². The zero-order chi connectivity index (χ0) is 19.7. The van der Waals surface area contributed by atoms with E-state index in [0.29, 0.717) is 22.8 Å². The molecule has 146 valence electrons. The zero-order valence-corrected chi connectivity index (χ0v) is 16.5. The van der Waals surface area contributed by atoms with Crippen LogP contribution in [0.5, 0.6) is 11.5 Å². The zero-order valence-electron chi connectivity index (χ0n) is 16.5. The fourth-order valence-corrected chi connectivity index (χ4v) is 3.82. The molecule has 1 aliphatic heterocycles. The molecule has 1 aliphatic rings. The summed E-state index contributed by atoms with van der Waals surface area (Å²) in [6.07, 6.45) is 4.31. The number of hydrogen-bond acceptors (Lipinski definition) is 5. The van der Waals surface area contributed by atoms with Gasteiger partial charge in [-0.1, -0.05) is 13.3 Å². The number of hydrogen-bond donors (Lipinski definition) is 0. The number of methoxy groups -OCH3 is 2. The van der Waals surface area contributed by atoms with Crippen molar-refractivity contribution in [2.24, 2.45) is 5.92 Å². The van der Waals surface area contributed by atoms with Gasteiger partial charge in [-0.15, -0.1) is 0 Å². The van der Waals surface area contributed by atoms with Crippen LogP contribution >= 0.6 is 0 Å². The lowest BCUT2D eigenvalue weighted by Crippen LogP contribution is -2.22. The molecule has 0 bridgehead atoms. The van der Waals surface area contributed by atoms with Gasteiger partial charge in [0.25, 0.3) is 5.56 Å². The van der Waals surface area contributed by atoms with Crippen LogP contribution in [-0.2, 0) is 0 Å². The predicted molar refractivity (Wildman–Crippen MR) is 111 cm³/mol. The molecular formula is C22H25N3O3. The molecule has 1 aromatic carbocycles. The van der Waals surface area contributed by atoms with Crippen molar-refractivity contribution in [3.05, 3.63) is 52.9 Å².